The summed E-state index contributed by atoms with van der Waals surface area (Å²) in [5, 5.41) is 5.10. The summed E-state index contributed by atoms with van der Waals surface area (Å²) >= 11 is 0. The largest absolute Gasteiger partial charge is 0.467 e. The Labute approximate surface area is 294 Å². The van der Waals surface area contributed by atoms with Gasteiger partial charge in [-0.3, -0.25) is 9.59 Å². The van der Waals surface area contributed by atoms with E-state index >= 15 is 13.2 Å². The number of halogens is 5. The molecule has 0 unspecified atom stereocenters. The molecule has 5 rings (SSSR count). The molecule has 4 aromatic carbocycles. The number of amides is 2. The van der Waals surface area contributed by atoms with Crippen LogP contribution in [0.4, 0.5) is 26.7 Å². The third-order valence-corrected chi connectivity index (χ3v) is 8.27. The topological polar surface area (TPSA) is 116 Å². The minimum atomic E-state index is -5.01. The number of carbonyl (C=O) groups is 3. The van der Waals surface area contributed by atoms with Gasteiger partial charge in [-0.2, -0.15) is 13.2 Å². The van der Waals surface area contributed by atoms with E-state index in [0.717, 1.165) is 29.9 Å². The fourth-order valence-corrected chi connectivity index (χ4v) is 6.01. The van der Waals surface area contributed by atoms with E-state index < -0.39 is 69.7 Å². The predicted molar refractivity (Wildman–Crippen MR) is 184 cm³/mol. The molecule has 0 aliphatic carbocycles. The second-order valence-corrected chi connectivity index (χ2v) is 13.0. The van der Waals surface area contributed by atoms with Crippen LogP contribution in [-0.4, -0.2) is 41.3 Å². The number of fused-ring (bicyclic) bond motifs is 2. The quantitative estimate of drug-likeness (QED) is 0.129. The first-order valence-corrected chi connectivity index (χ1v) is 15.9. The van der Waals surface area contributed by atoms with Gasteiger partial charge in [-0.15, -0.1) is 0 Å². The number of aromatic nitrogens is 1. The third-order valence-electron chi connectivity index (χ3n) is 8.27. The highest BCUT2D eigenvalue weighted by molar-refractivity contribution is 6.02. The molecule has 9 nitrogen and oxygen atoms in total. The van der Waals surface area contributed by atoms with E-state index in [1.165, 1.54) is 49.5 Å². The molecule has 0 saturated carbocycles. The highest BCUT2D eigenvalue weighted by atomic mass is 19.4. The molecule has 1 aromatic heterocycles. The highest BCUT2D eigenvalue weighted by Crippen LogP contribution is 2.42. The monoisotopic (exact) mass is 723 g/mol. The van der Waals surface area contributed by atoms with Gasteiger partial charge in [0.05, 0.1) is 23.8 Å². The summed E-state index contributed by atoms with van der Waals surface area (Å²) < 4.78 is 85.2. The van der Waals surface area contributed by atoms with Crippen molar-refractivity contribution in [2.75, 3.05) is 7.11 Å². The van der Waals surface area contributed by atoms with Gasteiger partial charge in [0, 0.05) is 25.4 Å². The van der Waals surface area contributed by atoms with Crippen LogP contribution in [0, 0.1) is 11.6 Å². The molecule has 1 heterocycles. The van der Waals surface area contributed by atoms with Crippen LogP contribution < -0.4 is 16.2 Å². The Bertz CT molecular complexity index is 2260. The molecule has 5 aromatic rings. The first kappa shape index (κ1) is 37.5. The van der Waals surface area contributed by atoms with Crippen molar-refractivity contribution in [1.29, 1.82) is 0 Å². The summed E-state index contributed by atoms with van der Waals surface area (Å²) in [6.07, 6.45) is -6.06. The smallest absolute Gasteiger partial charge is 0.417 e. The van der Waals surface area contributed by atoms with E-state index in [1.54, 1.807) is 32.9 Å². The molecule has 0 aliphatic heterocycles. The molecule has 0 radical (unpaired) electrons. The number of alkyl halides is 3. The lowest BCUT2D eigenvalue weighted by molar-refractivity contribution is -0.142. The van der Waals surface area contributed by atoms with Gasteiger partial charge >= 0.3 is 18.2 Å². The molecule has 0 bridgehead atoms. The van der Waals surface area contributed by atoms with Crippen molar-refractivity contribution in [2.24, 2.45) is 7.05 Å². The van der Waals surface area contributed by atoms with Crippen molar-refractivity contribution in [2.45, 2.75) is 51.6 Å². The molecule has 1 atom stereocenters. The molecule has 14 heteroatoms. The van der Waals surface area contributed by atoms with Crippen LogP contribution in [0.3, 0.4) is 0 Å². The van der Waals surface area contributed by atoms with Gasteiger partial charge in [0.25, 0.3) is 11.5 Å². The SMILES string of the molecule is COC(=O)[C@H](Cc1cccc2c(-c3c(C(F)(F)F)c4cc(CNC(=O)OC(C)(C)C)ccc4n(C)c3=O)cccc12)NC(=O)c1c(F)cccc1F. The first-order valence-electron chi connectivity index (χ1n) is 15.9. The second kappa shape index (κ2) is 14.4. The lowest BCUT2D eigenvalue weighted by atomic mass is 9.90. The molecular formula is C38H34F5N3O6. The Balaban J connectivity index is 1.62. The summed E-state index contributed by atoms with van der Waals surface area (Å²) in [6, 6.07) is 14.5. The van der Waals surface area contributed by atoms with Crippen LogP contribution >= 0.6 is 0 Å². The maximum atomic E-state index is 15.1. The molecule has 0 aliphatic rings. The van der Waals surface area contributed by atoms with Crippen molar-refractivity contribution >= 4 is 39.6 Å². The molecule has 2 amide bonds. The summed E-state index contributed by atoms with van der Waals surface area (Å²) in [4.78, 5) is 51.8. The Morgan fingerprint density at radius 2 is 1.50 bits per heavy atom. The lowest BCUT2D eigenvalue weighted by Gasteiger charge is -2.21. The molecule has 0 spiro atoms. The predicted octanol–water partition coefficient (Wildman–Crippen LogP) is 7.19. The number of pyridine rings is 1. The average Bonchev–Trinajstić information content (AvgIpc) is 3.06. The molecule has 0 saturated heterocycles. The summed E-state index contributed by atoms with van der Waals surface area (Å²) in [5.41, 5.74) is -3.83. The molecule has 0 fully saturated rings. The lowest BCUT2D eigenvalue weighted by Crippen LogP contribution is -2.43. The number of rotatable bonds is 8. The second-order valence-electron chi connectivity index (χ2n) is 13.0. The number of methoxy groups -OCH3 is 1. The third kappa shape index (κ3) is 7.75. The minimum absolute atomic E-state index is 0.00553. The Hall–Kier alpha value is -5.79. The molecule has 2 N–H and O–H groups in total. The fraction of sp³-hybridized carbons (Fsp3) is 0.263. The number of hydrogen-bond donors (Lipinski definition) is 2. The zero-order valence-electron chi connectivity index (χ0n) is 28.7. The van der Waals surface area contributed by atoms with Crippen molar-refractivity contribution in [3.05, 3.63) is 117 Å². The number of nitrogens with one attached hydrogen (secondary N) is 2. The van der Waals surface area contributed by atoms with E-state index in [0.29, 0.717) is 16.5 Å². The Kier molecular flexibility index (Phi) is 10.4. The number of esters is 1. The van der Waals surface area contributed by atoms with E-state index in [-0.39, 0.29) is 34.8 Å². The number of aryl methyl sites for hydroxylation is 1. The van der Waals surface area contributed by atoms with Crippen LogP contribution in [0.25, 0.3) is 32.8 Å². The van der Waals surface area contributed by atoms with Crippen LogP contribution in [0.1, 0.15) is 47.8 Å². The van der Waals surface area contributed by atoms with Crippen LogP contribution in [0.2, 0.25) is 0 Å². The zero-order valence-corrected chi connectivity index (χ0v) is 28.7. The van der Waals surface area contributed by atoms with Gasteiger partial charge < -0.3 is 24.7 Å². The summed E-state index contributed by atoms with van der Waals surface area (Å²) in [6.45, 7) is 4.85. The number of benzene rings is 4. The summed E-state index contributed by atoms with van der Waals surface area (Å²) in [5.74, 6) is -4.47. The Morgan fingerprint density at radius 3 is 2.13 bits per heavy atom. The molecule has 52 heavy (non-hydrogen) atoms. The average molecular weight is 724 g/mol. The fourth-order valence-electron chi connectivity index (χ4n) is 6.01. The maximum Gasteiger partial charge on any atom is 0.417 e. The number of hydrogen-bond acceptors (Lipinski definition) is 6. The number of nitrogens with zero attached hydrogens (tertiary/aromatic N) is 1. The van der Waals surface area contributed by atoms with Crippen LogP contribution in [0.5, 0.6) is 0 Å². The molecule has 272 valence electrons. The minimum Gasteiger partial charge on any atom is -0.467 e. The standard InChI is InChI=1S/C38H34F5N3O6/c1-37(2,3)52-36(50)44-19-20-15-16-29-25(17-20)32(38(41,42)43)30(34(48)46(29)4)24-12-7-10-22-21(9-6-11-23(22)24)18-28(35(49)51-5)45-33(47)31-26(39)13-8-14-27(31)40/h6-17,28H,18-19H2,1-5H3,(H,44,50)(H,45,47)/t28-/m0/s1. The molecular weight excluding hydrogens is 689 g/mol. The normalized spacial score (nSPS) is 12.4. The van der Waals surface area contributed by atoms with Gasteiger partial charge in [0.2, 0.25) is 0 Å². The highest BCUT2D eigenvalue weighted by Gasteiger charge is 2.39. The number of alkyl carbamates (subject to hydrolysis) is 1. The first-order chi connectivity index (χ1) is 24.4. The van der Waals surface area contributed by atoms with E-state index in [1.807, 2.05) is 0 Å². The number of ether oxygens (including phenoxy) is 2. The van der Waals surface area contributed by atoms with Crippen LogP contribution in [0.15, 0.2) is 77.6 Å². The van der Waals surface area contributed by atoms with Gasteiger partial charge in [0.1, 0.15) is 28.8 Å². The van der Waals surface area contributed by atoms with Crippen molar-refractivity contribution in [3.63, 3.8) is 0 Å². The maximum absolute atomic E-state index is 15.1. The van der Waals surface area contributed by atoms with Gasteiger partial charge in [0.15, 0.2) is 0 Å². The zero-order chi connectivity index (χ0) is 38.1. The van der Waals surface area contributed by atoms with Gasteiger partial charge in [-0.1, -0.05) is 48.5 Å². The summed E-state index contributed by atoms with van der Waals surface area (Å²) in [7, 11) is 2.41. The van der Waals surface area contributed by atoms with Crippen molar-refractivity contribution in [1.82, 2.24) is 15.2 Å². The van der Waals surface area contributed by atoms with E-state index in [9.17, 15) is 28.0 Å². The van der Waals surface area contributed by atoms with Crippen molar-refractivity contribution < 1.29 is 45.8 Å². The van der Waals surface area contributed by atoms with Gasteiger partial charge in [-0.05, 0) is 72.5 Å². The van der Waals surface area contributed by atoms with E-state index in [2.05, 4.69) is 10.6 Å². The van der Waals surface area contributed by atoms with Crippen molar-refractivity contribution in [3.8, 4) is 11.1 Å². The Morgan fingerprint density at radius 1 is 0.865 bits per heavy atom. The van der Waals surface area contributed by atoms with Gasteiger partial charge in [-0.25, -0.2) is 18.4 Å². The number of carbonyl (C=O) groups excluding carboxylic acids is 3. The van der Waals surface area contributed by atoms with Crippen LogP contribution in [-0.2, 0) is 40.5 Å². The van der Waals surface area contributed by atoms with E-state index in [4.69, 9.17) is 9.47 Å².